The van der Waals surface area contributed by atoms with Crippen molar-refractivity contribution in [2.75, 3.05) is 11.4 Å². The molecule has 0 aromatic heterocycles. The number of rotatable bonds is 1. The first-order valence-electron chi connectivity index (χ1n) is 6.93. The number of carbonyl (C=O) groups is 1. The molecule has 108 valence electrons. The molecule has 4 heteroatoms. The van der Waals surface area contributed by atoms with Crippen LogP contribution in [-0.2, 0) is 0 Å². The molecule has 3 rings (SSSR count). The quantitative estimate of drug-likeness (QED) is 0.874. The van der Waals surface area contributed by atoms with Gasteiger partial charge in [-0.1, -0.05) is 30.3 Å². The molecular weight excluding hydrogens is 269 g/mol. The molecule has 3 nitrogen and oxygen atoms in total. The first-order valence-corrected chi connectivity index (χ1v) is 6.93. The minimum Gasteiger partial charge on any atom is -0.388 e. The molecule has 0 aliphatic carbocycles. The molecule has 0 spiro atoms. The number of aliphatic hydroxyl groups excluding tert-OH is 1. The van der Waals surface area contributed by atoms with E-state index in [4.69, 9.17) is 0 Å². The van der Waals surface area contributed by atoms with Gasteiger partial charge >= 0.3 is 0 Å². The Labute approximate surface area is 122 Å². The summed E-state index contributed by atoms with van der Waals surface area (Å²) in [7, 11) is 0. The first kappa shape index (κ1) is 13.8. The number of aryl methyl sites for hydroxylation is 1. The number of benzene rings is 2. The van der Waals surface area contributed by atoms with Gasteiger partial charge in [0.25, 0.3) is 5.91 Å². The van der Waals surface area contributed by atoms with Crippen molar-refractivity contribution in [1.82, 2.24) is 0 Å². The topological polar surface area (TPSA) is 40.5 Å². The minimum absolute atomic E-state index is 0.0705. The van der Waals surface area contributed by atoms with Crippen LogP contribution >= 0.6 is 0 Å². The van der Waals surface area contributed by atoms with Crippen LogP contribution in [0.15, 0.2) is 42.5 Å². The van der Waals surface area contributed by atoms with E-state index in [9.17, 15) is 14.3 Å². The van der Waals surface area contributed by atoms with E-state index in [2.05, 4.69) is 0 Å². The molecule has 1 N–H and O–H groups in total. The van der Waals surface area contributed by atoms with Gasteiger partial charge in [-0.3, -0.25) is 4.79 Å². The highest BCUT2D eigenvalue weighted by Gasteiger charge is 2.29. The van der Waals surface area contributed by atoms with Crippen molar-refractivity contribution in [3.63, 3.8) is 0 Å². The molecule has 1 unspecified atom stereocenters. The lowest BCUT2D eigenvalue weighted by Gasteiger charge is -2.32. The number of aliphatic hydroxyl groups is 1. The molecule has 0 saturated heterocycles. The van der Waals surface area contributed by atoms with Crippen LogP contribution in [-0.4, -0.2) is 17.6 Å². The van der Waals surface area contributed by atoms with E-state index in [1.165, 1.54) is 6.07 Å². The molecule has 1 aliphatic heterocycles. The van der Waals surface area contributed by atoms with Crippen molar-refractivity contribution in [3.05, 3.63) is 65.0 Å². The van der Waals surface area contributed by atoms with Gasteiger partial charge in [-0.2, -0.15) is 0 Å². The van der Waals surface area contributed by atoms with E-state index in [1.807, 2.05) is 12.1 Å². The van der Waals surface area contributed by atoms with Gasteiger partial charge in [0.1, 0.15) is 5.82 Å². The average Bonchev–Trinajstić information content (AvgIpc) is 2.50. The van der Waals surface area contributed by atoms with E-state index in [-0.39, 0.29) is 11.5 Å². The fraction of sp³-hybridized carbons (Fsp3) is 0.235. The Morgan fingerprint density at radius 1 is 1.24 bits per heavy atom. The average molecular weight is 285 g/mol. The number of para-hydroxylation sites is 1. The summed E-state index contributed by atoms with van der Waals surface area (Å²) in [5.74, 6) is -0.846. The summed E-state index contributed by atoms with van der Waals surface area (Å²) in [5.41, 5.74) is 1.89. The molecular formula is C17H16FNO2. The molecule has 1 amide bonds. The highest BCUT2D eigenvalue weighted by Crippen LogP contribution is 2.34. The third-order valence-electron chi connectivity index (χ3n) is 3.88. The van der Waals surface area contributed by atoms with E-state index in [1.54, 1.807) is 36.1 Å². The van der Waals surface area contributed by atoms with E-state index in [0.29, 0.717) is 29.8 Å². The zero-order chi connectivity index (χ0) is 15.0. The highest BCUT2D eigenvalue weighted by molar-refractivity contribution is 6.07. The lowest BCUT2D eigenvalue weighted by atomic mass is 9.98. The summed E-state index contributed by atoms with van der Waals surface area (Å²) in [6.45, 7) is 2.02. The minimum atomic E-state index is -0.576. The van der Waals surface area contributed by atoms with Gasteiger partial charge in [-0.25, -0.2) is 4.39 Å². The summed E-state index contributed by atoms with van der Waals surface area (Å²) in [4.78, 5) is 14.2. The number of nitrogens with zero attached hydrogens (tertiary/aromatic N) is 1. The maximum absolute atomic E-state index is 14.2. The van der Waals surface area contributed by atoms with Crippen molar-refractivity contribution in [2.24, 2.45) is 0 Å². The third-order valence-corrected chi connectivity index (χ3v) is 3.88. The number of amides is 1. The van der Waals surface area contributed by atoms with Gasteiger partial charge in [0.05, 0.1) is 11.7 Å². The summed E-state index contributed by atoms with van der Waals surface area (Å²) < 4.78 is 14.2. The van der Waals surface area contributed by atoms with Gasteiger partial charge < -0.3 is 10.0 Å². The fourth-order valence-electron chi connectivity index (χ4n) is 2.71. The monoisotopic (exact) mass is 285 g/mol. The Bertz CT molecular complexity index is 699. The SMILES string of the molecule is Cc1cccc(C(=O)N2CCC(O)c3ccccc32)c1F. The van der Waals surface area contributed by atoms with Crippen LogP contribution in [0.25, 0.3) is 0 Å². The number of hydrogen-bond donors (Lipinski definition) is 1. The Kier molecular flexibility index (Phi) is 3.47. The summed E-state index contributed by atoms with van der Waals surface area (Å²) in [6, 6.07) is 12.0. The lowest BCUT2D eigenvalue weighted by molar-refractivity contribution is 0.0966. The van der Waals surface area contributed by atoms with Gasteiger partial charge in [0.15, 0.2) is 0 Å². The first-order chi connectivity index (χ1) is 10.1. The molecule has 2 aromatic carbocycles. The molecule has 1 atom stereocenters. The van der Waals surface area contributed by atoms with Gasteiger partial charge in [-0.05, 0) is 31.0 Å². The van der Waals surface area contributed by atoms with E-state index >= 15 is 0 Å². The summed E-state index contributed by atoms with van der Waals surface area (Å²) >= 11 is 0. The molecule has 0 bridgehead atoms. The number of carbonyl (C=O) groups excluding carboxylic acids is 1. The Morgan fingerprint density at radius 2 is 2.00 bits per heavy atom. The van der Waals surface area contributed by atoms with Gasteiger partial charge in [0, 0.05) is 17.8 Å². The fourth-order valence-corrected chi connectivity index (χ4v) is 2.71. The Morgan fingerprint density at radius 3 is 2.81 bits per heavy atom. The zero-order valence-electron chi connectivity index (χ0n) is 11.7. The van der Waals surface area contributed by atoms with Crippen molar-refractivity contribution < 1.29 is 14.3 Å². The van der Waals surface area contributed by atoms with E-state index < -0.39 is 11.9 Å². The number of anilines is 1. The number of halogens is 1. The van der Waals surface area contributed by atoms with Gasteiger partial charge in [-0.15, -0.1) is 0 Å². The largest absolute Gasteiger partial charge is 0.388 e. The summed E-state index contributed by atoms with van der Waals surface area (Å²) in [6.07, 6.45) is -0.122. The summed E-state index contributed by atoms with van der Waals surface area (Å²) in [5, 5.41) is 10.0. The highest BCUT2D eigenvalue weighted by atomic mass is 19.1. The maximum Gasteiger partial charge on any atom is 0.261 e. The van der Waals surface area contributed by atoms with Crippen LogP contribution in [0.1, 0.15) is 34.0 Å². The van der Waals surface area contributed by atoms with Crippen LogP contribution in [0.3, 0.4) is 0 Å². The standard InChI is InChI=1S/C17H16FNO2/c1-11-5-4-7-13(16(11)18)17(21)19-10-9-15(20)12-6-2-3-8-14(12)19/h2-8,15,20H,9-10H2,1H3. The number of hydrogen-bond acceptors (Lipinski definition) is 2. The Balaban J connectivity index is 2.03. The second-order valence-corrected chi connectivity index (χ2v) is 5.26. The predicted molar refractivity (Wildman–Crippen MR) is 78.8 cm³/mol. The van der Waals surface area contributed by atoms with Crippen molar-refractivity contribution in [1.29, 1.82) is 0 Å². The molecule has 1 aliphatic rings. The molecule has 0 saturated carbocycles. The number of fused-ring (bicyclic) bond motifs is 1. The van der Waals surface area contributed by atoms with Crippen molar-refractivity contribution in [2.45, 2.75) is 19.4 Å². The van der Waals surface area contributed by atoms with Gasteiger partial charge in [0.2, 0.25) is 0 Å². The van der Waals surface area contributed by atoms with E-state index in [0.717, 1.165) is 0 Å². The van der Waals surface area contributed by atoms with Crippen molar-refractivity contribution in [3.8, 4) is 0 Å². The van der Waals surface area contributed by atoms with Crippen molar-refractivity contribution >= 4 is 11.6 Å². The maximum atomic E-state index is 14.2. The lowest BCUT2D eigenvalue weighted by Crippen LogP contribution is -2.37. The smallest absolute Gasteiger partial charge is 0.261 e. The molecule has 0 fully saturated rings. The van der Waals surface area contributed by atoms with Crippen LogP contribution < -0.4 is 4.90 Å². The second-order valence-electron chi connectivity index (χ2n) is 5.26. The van der Waals surface area contributed by atoms with Crippen LogP contribution in [0.4, 0.5) is 10.1 Å². The molecule has 21 heavy (non-hydrogen) atoms. The van der Waals surface area contributed by atoms with Crippen LogP contribution in [0.2, 0.25) is 0 Å². The normalized spacial score (nSPS) is 17.5. The molecule has 2 aromatic rings. The predicted octanol–water partition coefficient (Wildman–Crippen LogP) is 3.22. The molecule has 0 radical (unpaired) electrons. The van der Waals surface area contributed by atoms with Crippen LogP contribution in [0.5, 0.6) is 0 Å². The second kappa shape index (κ2) is 5.30. The van der Waals surface area contributed by atoms with Crippen LogP contribution in [0, 0.1) is 12.7 Å². The molecule has 1 heterocycles. The zero-order valence-corrected chi connectivity index (χ0v) is 11.7. The third kappa shape index (κ3) is 2.32. The Hall–Kier alpha value is -2.20.